The average Bonchev–Trinajstić information content (AvgIpc) is 2.41. The number of benzene rings is 1. The second-order valence-electron chi connectivity index (χ2n) is 5.33. The van der Waals surface area contributed by atoms with Gasteiger partial charge in [0.15, 0.2) is 17.4 Å². The summed E-state index contributed by atoms with van der Waals surface area (Å²) in [6.45, 7) is -0.0780. The van der Waals surface area contributed by atoms with Gasteiger partial charge in [-0.25, -0.2) is 8.78 Å². The first-order valence-electron chi connectivity index (χ1n) is 6.76. The molecule has 0 aliphatic heterocycles. The van der Waals surface area contributed by atoms with Crippen LogP contribution in [0.2, 0.25) is 0 Å². The van der Waals surface area contributed by atoms with E-state index in [4.69, 9.17) is 5.11 Å². The first-order chi connectivity index (χ1) is 9.79. The Kier molecular flexibility index (Phi) is 4.70. The molecular formula is C14H16F5NO. The third-order valence-corrected chi connectivity index (χ3v) is 3.83. The summed E-state index contributed by atoms with van der Waals surface area (Å²) in [6.07, 6.45) is -2.59. The molecule has 0 saturated heterocycles. The number of hydrogen-bond donors (Lipinski definition) is 2. The van der Waals surface area contributed by atoms with Crippen molar-refractivity contribution in [1.29, 1.82) is 0 Å². The Morgan fingerprint density at radius 2 is 1.67 bits per heavy atom. The molecule has 1 aromatic rings. The van der Waals surface area contributed by atoms with E-state index in [2.05, 4.69) is 5.32 Å². The van der Waals surface area contributed by atoms with Crippen LogP contribution in [0.1, 0.15) is 31.2 Å². The summed E-state index contributed by atoms with van der Waals surface area (Å²) in [5.74, 6) is -4.76. The normalized spacial score (nSPS) is 23.3. The molecule has 2 rings (SSSR count). The molecule has 0 bridgehead atoms. The average molecular weight is 309 g/mol. The molecule has 0 heterocycles. The molecule has 0 radical (unpaired) electrons. The van der Waals surface area contributed by atoms with Gasteiger partial charge in [-0.2, -0.15) is 13.2 Å². The van der Waals surface area contributed by atoms with E-state index in [1.54, 1.807) is 0 Å². The molecule has 2 N–H and O–H groups in total. The molecule has 2 unspecified atom stereocenters. The van der Waals surface area contributed by atoms with Crippen LogP contribution in [0.3, 0.4) is 0 Å². The van der Waals surface area contributed by atoms with Gasteiger partial charge in [0, 0.05) is 12.6 Å². The van der Waals surface area contributed by atoms with Crippen molar-refractivity contribution in [2.45, 2.75) is 44.4 Å². The molecule has 0 amide bonds. The van der Waals surface area contributed by atoms with Crippen LogP contribution in [-0.4, -0.2) is 17.3 Å². The predicted octanol–water partition coefficient (Wildman–Crippen LogP) is 3.88. The molecular weight excluding hydrogens is 293 g/mol. The van der Waals surface area contributed by atoms with Crippen molar-refractivity contribution >= 4 is 0 Å². The Labute approximate surface area is 119 Å². The molecule has 2 atom stereocenters. The Morgan fingerprint density at radius 1 is 1.10 bits per heavy atom. The SMILES string of the molecule is Oc1c(F)cc(CNC2CCCCC2C(F)(F)F)cc1F. The molecule has 0 spiro atoms. The van der Waals surface area contributed by atoms with Gasteiger partial charge < -0.3 is 10.4 Å². The first-order valence-corrected chi connectivity index (χ1v) is 6.76. The van der Waals surface area contributed by atoms with Crippen LogP contribution in [-0.2, 0) is 6.54 Å². The quantitative estimate of drug-likeness (QED) is 0.831. The number of hydrogen-bond acceptors (Lipinski definition) is 2. The highest BCUT2D eigenvalue weighted by atomic mass is 19.4. The van der Waals surface area contributed by atoms with Crippen molar-refractivity contribution in [3.05, 3.63) is 29.3 Å². The van der Waals surface area contributed by atoms with Gasteiger partial charge in [0.2, 0.25) is 0 Å². The fraction of sp³-hybridized carbons (Fsp3) is 0.571. The lowest BCUT2D eigenvalue weighted by atomic mass is 9.84. The fourth-order valence-electron chi connectivity index (χ4n) is 2.74. The highest BCUT2D eigenvalue weighted by Gasteiger charge is 2.45. The van der Waals surface area contributed by atoms with Gasteiger partial charge in [0.1, 0.15) is 0 Å². The summed E-state index contributed by atoms with van der Waals surface area (Å²) >= 11 is 0. The molecule has 21 heavy (non-hydrogen) atoms. The minimum absolute atomic E-state index is 0.0689. The van der Waals surface area contributed by atoms with Crippen molar-refractivity contribution in [3.63, 3.8) is 0 Å². The molecule has 1 aliphatic carbocycles. The maximum Gasteiger partial charge on any atom is 0.393 e. The number of phenols is 1. The van der Waals surface area contributed by atoms with Crippen molar-refractivity contribution in [2.24, 2.45) is 5.92 Å². The maximum absolute atomic E-state index is 13.2. The van der Waals surface area contributed by atoms with E-state index in [9.17, 15) is 22.0 Å². The van der Waals surface area contributed by atoms with Gasteiger partial charge in [-0.3, -0.25) is 0 Å². The molecule has 1 aromatic carbocycles. The van der Waals surface area contributed by atoms with Crippen LogP contribution in [0.4, 0.5) is 22.0 Å². The van der Waals surface area contributed by atoms with Gasteiger partial charge in [-0.05, 0) is 30.5 Å². The summed E-state index contributed by atoms with van der Waals surface area (Å²) in [4.78, 5) is 0. The largest absolute Gasteiger partial charge is 0.503 e. The van der Waals surface area contributed by atoms with Gasteiger partial charge in [0.05, 0.1) is 5.92 Å². The van der Waals surface area contributed by atoms with Crippen LogP contribution in [0.15, 0.2) is 12.1 Å². The van der Waals surface area contributed by atoms with Crippen molar-refractivity contribution in [1.82, 2.24) is 5.32 Å². The summed E-state index contributed by atoms with van der Waals surface area (Å²) in [6, 6.07) is 1.08. The highest BCUT2D eigenvalue weighted by Crippen LogP contribution is 2.37. The third-order valence-electron chi connectivity index (χ3n) is 3.83. The molecule has 0 aromatic heterocycles. The maximum atomic E-state index is 13.2. The van der Waals surface area contributed by atoms with Crippen LogP contribution < -0.4 is 5.32 Å². The van der Waals surface area contributed by atoms with Gasteiger partial charge in [-0.15, -0.1) is 0 Å². The zero-order valence-electron chi connectivity index (χ0n) is 11.2. The summed E-state index contributed by atoms with van der Waals surface area (Å²) in [5, 5.41) is 11.7. The number of aromatic hydroxyl groups is 1. The number of alkyl halides is 3. The van der Waals surface area contributed by atoms with Gasteiger partial charge >= 0.3 is 6.18 Å². The van der Waals surface area contributed by atoms with Crippen LogP contribution in [0, 0.1) is 17.6 Å². The summed E-state index contributed by atoms with van der Waals surface area (Å²) in [5.41, 5.74) is 0.161. The van der Waals surface area contributed by atoms with Crippen molar-refractivity contribution in [2.75, 3.05) is 0 Å². The molecule has 1 fully saturated rings. The lowest BCUT2D eigenvalue weighted by Crippen LogP contribution is -2.45. The van der Waals surface area contributed by atoms with E-state index in [1.807, 2.05) is 0 Å². The lowest BCUT2D eigenvalue weighted by Gasteiger charge is -2.33. The Morgan fingerprint density at radius 3 is 2.24 bits per heavy atom. The third kappa shape index (κ3) is 3.84. The van der Waals surface area contributed by atoms with Gasteiger partial charge in [-0.1, -0.05) is 12.8 Å². The number of nitrogens with one attached hydrogen (secondary N) is 1. The van der Waals surface area contributed by atoms with E-state index < -0.39 is 35.5 Å². The molecule has 2 nitrogen and oxygen atoms in total. The minimum atomic E-state index is -4.27. The smallest absolute Gasteiger partial charge is 0.393 e. The molecule has 1 saturated carbocycles. The summed E-state index contributed by atoms with van der Waals surface area (Å²) in [7, 11) is 0. The molecule has 1 aliphatic rings. The number of halogens is 5. The minimum Gasteiger partial charge on any atom is -0.503 e. The second kappa shape index (κ2) is 6.17. The predicted molar refractivity (Wildman–Crippen MR) is 66.7 cm³/mol. The standard InChI is InChI=1S/C14H16F5NO/c15-10-5-8(6-11(16)13(10)21)7-20-12-4-2-1-3-9(12)14(17,18)19/h5-6,9,12,20-21H,1-4,7H2. The van der Waals surface area contributed by atoms with E-state index >= 15 is 0 Å². The number of phenolic OH excluding ortho intramolecular Hbond substituents is 1. The Balaban J connectivity index is 2.04. The molecule has 7 heteroatoms. The van der Waals surface area contributed by atoms with Crippen molar-refractivity contribution < 1.29 is 27.1 Å². The number of rotatable bonds is 3. The van der Waals surface area contributed by atoms with Crippen LogP contribution >= 0.6 is 0 Å². The zero-order chi connectivity index (χ0) is 15.6. The van der Waals surface area contributed by atoms with E-state index in [0.29, 0.717) is 19.3 Å². The Hall–Kier alpha value is -1.37. The zero-order valence-corrected chi connectivity index (χ0v) is 11.2. The van der Waals surface area contributed by atoms with Gasteiger partial charge in [0.25, 0.3) is 0 Å². The van der Waals surface area contributed by atoms with Crippen molar-refractivity contribution in [3.8, 4) is 5.75 Å². The monoisotopic (exact) mass is 309 g/mol. The molecule has 118 valence electrons. The Bertz CT molecular complexity index is 480. The van der Waals surface area contributed by atoms with Crippen LogP contribution in [0.5, 0.6) is 5.75 Å². The van der Waals surface area contributed by atoms with E-state index in [1.165, 1.54) is 0 Å². The topological polar surface area (TPSA) is 32.3 Å². The van der Waals surface area contributed by atoms with E-state index in [-0.39, 0.29) is 18.5 Å². The summed E-state index contributed by atoms with van der Waals surface area (Å²) < 4.78 is 65.1. The van der Waals surface area contributed by atoms with E-state index in [0.717, 1.165) is 12.1 Å². The second-order valence-corrected chi connectivity index (χ2v) is 5.33. The first kappa shape index (κ1) is 16.0. The lowest BCUT2D eigenvalue weighted by molar-refractivity contribution is -0.189. The highest BCUT2D eigenvalue weighted by molar-refractivity contribution is 5.30. The van der Waals surface area contributed by atoms with Crippen LogP contribution in [0.25, 0.3) is 0 Å². The fourth-order valence-corrected chi connectivity index (χ4v) is 2.74.